The Bertz CT molecular complexity index is 3840. The molecule has 0 fully saturated rings. The maximum atomic E-state index is 14.9. The molecule has 0 rings (SSSR count). The maximum Gasteiger partial charge on any atom is 0.243 e. The van der Waals surface area contributed by atoms with Crippen molar-refractivity contribution in [2.45, 2.75) is 400 Å². The topological polar surface area (TPSA) is 763 Å². The summed E-state index contributed by atoms with van der Waals surface area (Å²) < 4.78 is 0. The SMILES string of the molecule is CC(C)C[C@H](NC(=O)[C@H](CCCCN)NC(=O)[C@H](CC(C)C)NC(=O)[C@H](CC(C)C)NC(=O)[C@H](CCC(N)=O)NC(=O)[C@H](CCCCN)NC(=O)[C@H](CC(C)C)NC(=O)[C@H](CC(C)C)NC(=O)[C@H](CCCCN)NC(=O)[C@H](CC(C)C)NC(=O)[C@H](CC(C)C)NC(=O)[C@H](CCC(N)=O)NC(=O)[C@H](CCCCN)NC(=O)[C@@H](N)CC(C)C)C(=O)N[C@@H](CCCCN)C(=O)NCC(=O)NCCCCCC(=O)NN. The van der Waals surface area contributed by atoms with Gasteiger partial charge in [-0.25, -0.2) is 5.84 Å². The summed E-state index contributed by atoms with van der Waals surface area (Å²) in [6.45, 7) is 29.8. The van der Waals surface area contributed by atoms with E-state index in [4.69, 9.17) is 51.7 Å². The highest BCUT2D eigenvalue weighted by molar-refractivity contribution is 6.01. The van der Waals surface area contributed by atoms with E-state index in [-0.39, 0.29) is 182 Å². The third-order valence-electron chi connectivity index (χ3n) is 23.0. The summed E-state index contributed by atoms with van der Waals surface area (Å²) in [6, 6.07) is -20.0. The lowest BCUT2D eigenvalue weighted by Crippen LogP contribution is -2.61. The average Bonchev–Trinajstić information content (AvgIpc) is 0.845. The van der Waals surface area contributed by atoms with E-state index in [1.807, 2.05) is 27.7 Å². The molecule has 19 amide bonds. The van der Waals surface area contributed by atoms with Crippen molar-refractivity contribution in [3.8, 4) is 0 Å². The Kier molecular flexibility index (Phi) is 68.3. The van der Waals surface area contributed by atoms with Crippen LogP contribution >= 0.6 is 0 Å². The number of carbonyl (C=O) groups excluding carboxylic acids is 19. The summed E-state index contributed by atoms with van der Waals surface area (Å²) in [5.74, 6) is -11.3. The number of carbonyl (C=O) groups is 19. The fourth-order valence-corrected chi connectivity index (χ4v) is 15.5. The van der Waals surface area contributed by atoms with Crippen LogP contribution in [-0.2, 0) is 91.1 Å². The Balaban J connectivity index is 7.45. The molecule has 0 heterocycles. The summed E-state index contributed by atoms with van der Waals surface area (Å²) in [5, 5.41) is 43.7. The molecule has 45 heteroatoms. The van der Waals surface area contributed by atoms with Crippen LogP contribution in [0.5, 0.6) is 0 Å². The monoisotopic (exact) mass is 2000 g/mol. The maximum absolute atomic E-state index is 14.9. The smallest absolute Gasteiger partial charge is 0.243 e. The van der Waals surface area contributed by atoms with Crippen molar-refractivity contribution in [2.24, 2.45) is 99.1 Å². The van der Waals surface area contributed by atoms with Gasteiger partial charge in [-0.1, -0.05) is 117 Å². The predicted molar refractivity (Wildman–Crippen MR) is 539 cm³/mol. The summed E-state index contributed by atoms with van der Waals surface area (Å²) in [7, 11) is 0. The van der Waals surface area contributed by atoms with Gasteiger partial charge in [0.1, 0.15) is 84.6 Å². The van der Waals surface area contributed by atoms with Crippen molar-refractivity contribution in [2.75, 3.05) is 45.8 Å². The number of hydrazine groups is 1. The lowest BCUT2D eigenvalue weighted by atomic mass is 9.98. The molecule has 15 atom stereocenters. The summed E-state index contributed by atoms with van der Waals surface area (Å²) >= 11 is 0. The zero-order chi connectivity index (χ0) is 107. The molecule has 0 aromatic carbocycles. The Labute approximate surface area is 835 Å². The normalized spacial score (nSPS) is 14.7. The Hall–Kier alpha value is -10.3. The molecule has 0 aliphatic heterocycles. The number of nitrogens with two attached hydrogens (primary N) is 9. The third kappa shape index (κ3) is 59.4. The van der Waals surface area contributed by atoms with Crippen molar-refractivity contribution < 1.29 is 91.1 Å². The molecule has 45 nitrogen and oxygen atoms in total. The Morgan fingerprint density at radius 2 is 0.404 bits per heavy atom. The number of hydrogen-bond donors (Lipinski definition) is 26. The first-order valence-corrected chi connectivity index (χ1v) is 51.0. The second kappa shape index (κ2) is 73.7. The van der Waals surface area contributed by atoms with E-state index in [0.717, 1.165) is 0 Å². The third-order valence-corrected chi connectivity index (χ3v) is 23.0. The van der Waals surface area contributed by atoms with Gasteiger partial charge in [-0.15, -0.1) is 0 Å². The lowest BCUT2D eigenvalue weighted by molar-refractivity contribution is -0.137. The lowest BCUT2D eigenvalue weighted by Gasteiger charge is -2.30. The molecule has 141 heavy (non-hydrogen) atoms. The zero-order valence-electron chi connectivity index (χ0n) is 87.1. The van der Waals surface area contributed by atoms with Crippen LogP contribution in [0, 0.1) is 47.3 Å². The summed E-state index contributed by atoms with van der Waals surface area (Å²) in [5.41, 5.74) is 48.7. The molecule has 0 aromatic heterocycles. The molecule has 0 aliphatic rings. The van der Waals surface area contributed by atoms with Gasteiger partial charge >= 0.3 is 0 Å². The van der Waals surface area contributed by atoms with Crippen LogP contribution < -0.4 is 142 Å². The van der Waals surface area contributed by atoms with Crippen molar-refractivity contribution in [1.29, 1.82) is 0 Å². The standard InChI is InChI=1S/C96H182N26O19/c1-55(2)46-63(102)82(127)108-65(31-20-25-41-98)84(129)113-69(36-38-78(103)123)88(133)117-76(52-61(13)14)95(140)121-74(50-59(9)10)93(138)112-68(34-23-28-44-101)87(132)116-75(51-60(11)12)94(139)119-72(48-57(5)6)91(136)110-66(32-21-26-42-99)85(130)114-70(37-39-79(104)124)89(134)118-77(53-62(15)16)96(141)120-73(49-58(7)8)92(137)111-67(33-22-27-43-100)86(131)115-71(47-56(3)4)90(135)109-64(30-19-24-40-97)83(128)107-54-81(126)106-45-29-17-18-35-80(125)122-105/h55-77H,17-54,97-102,105H2,1-16H3,(H2,103,123)(H2,104,124)(H,106,126)(H,107,128)(H,108,127)(H,109,135)(H,110,136)(H,111,137)(H,112,138)(H,113,129)(H,114,130)(H,115,131)(H,116,132)(H,117,133)(H,118,134)(H,119,139)(H,120,141)(H,121,140)(H,122,125)/t63-,64-,65-,66-,67-,68-,69-,70-,71-,72-,73-,74-,75-,76-,77-/m0/s1. The van der Waals surface area contributed by atoms with E-state index in [2.05, 4.69) is 90.5 Å². The second-order valence-corrected chi connectivity index (χ2v) is 40.4. The molecule has 0 unspecified atom stereocenters. The zero-order valence-corrected chi connectivity index (χ0v) is 87.1. The van der Waals surface area contributed by atoms with E-state index in [1.165, 1.54) is 0 Å². The van der Waals surface area contributed by atoms with Crippen LogP contribution in [0.3, 0.4) is 0 Å². The van der Waals surface area contributed by atoms with E-state index in [1.54, 1.807) is 83.1 Å². The fraction of sp³-hybridized carbons (Fsp3) is 0.802. The van der Waals surface area contributed by atoms with Gasteiger partial charge in [0.05, 0.1) is 12.6 Å². The van der Waals surface area contributed by atoms with Gasteiger partial charge in [-0.05, 0) is 253 Å². The highest BCUT2D eigenvalue weighted by Gasteiger charge is 2.40. The molecule has 35 N–H and O–H groups in total. The fourth-order valence-electron chi connectivity index (χ4n) is 15.5. The van der Waals surface area contributed by atoms with Crippen molar-refractivity contribution >= 4 is 112 Å². The van der Waals surface area contributed by atoms with Crippen LogP contribution in [0.1, 0.15) is 310 Å². The number of hydrogen-bond acceptors (Lipinski definition) is 26. The Morgan fingerprint density at radius 3 is 0.610 bits per heavy atom. The van der Waals surface area contributed by atoms with Gasteiger partial charge in [0, 0.05) is 25.8 Å². The van der Waals surface area contributed by atoms with E-state index >= 15 is 0 Å². The predicted octanol–water partition coefficient (Wildman–Crippen LogP) is -1.57. The van der Waals surface area contributed by atoms with Gasteiger partial charge in [0.25, 0.3) is 0 Å². The molecule has 0 spiro atoms. The Morgan fingerprint density at radius 1 is 0.206 bits per heavy atom. The minimum absolute atomic E-state index is 0.00243. The number of unbranched alkanes of at least 4 members (excludes halogenated alkanes) is 7. The highest BCUT2D eigenvalue weighted by atomic mass is 16.2. The van der Waals surface area contributed by atoms with Crippen molar-refractivity contribution in [1.82, 2.24) is 90.5 Å². The number of rotatable bonds is 79. The first-order valence-electron chi connectivity index (χ1n) is 51.0. The van der Waals surface area contributed by atoms with Gasteiger partial charge in [-0.2, -0.15) is 0 Å². The van der Waals surface area contributed by atoms with Crippen LogP contribution in [0.2, 0.25) is 0 Å². The minimum Gasteiger partial charge on any atom is -0.370 e. The molecule has 0 saturated heterocycles. The minimum atomic E-state index is -1.61. The number of amides is 19. The first kappa shape index (κ1) is 131. The van der Waals surface area contributed by atoms with Gasteiger partial charge in [0.2, 0.25) is 112 Å². The highest BCUT2D eigenvalue weighted by Crippen LogP contribution is 2.20. The molecule has 0 aromatic rings. The van der Waals surface area contributed by atoms with Gasteiger partial charge in [0.15, 0.2) is 0 Å². The molecular formula is C96H182N26O19. The van der Waals surface area contributed by atoms with Crippen LogP contribution in [0.25, 0.3) is 0 Å². The average molecular weight is 2000 g/mol. The van der Waals surface area contributed by atoms with Gasteiger partial charge < -0.3 is 131 Å². The molecule has 0 saturated carbocycles. The van der Waals surface area contributed by atoms with Crippen molar-refractivity contribution in [3.05, 3.63) is 0 Å². The molecule has 0 bridgehead atoms. The van der Waals surface area contributed by atoms with E-state index in [0.29, 0.717) is 96.6 Å². The van der Waals surface area contributed by atoms with Crippen molar-refractivity contribution in [3.63, 3.8) is 0 Å². The molecular weight excluding hydrogens is 1820 g/mol. The number of nitrogens with one attached hydrogen (secondary N) is 17. The second-order valence-electron chi connectivity index (χ2n) is 40.4. The molecule has 810 valence electrons. The quantitative estimate of drug-likeness (QED) is 0.0142. The van der Waals surface area contributed by atoms with E-state index in [9.17, 15) is 91.1 Å². The van der Waals surface area contributed by atoms with Crippen LogP contribution in [0.15, 0.2) is 0 Å². The molecule has 0 aliphatic carbocycles. The first-order chi connectivity index (χ1) is 66.4. The number of primary amides is 2. The van der Waals surface area contributed by atoms with Crippen LogP contribution in [0.4, 0.5) is 0 Å². The van der Waals surface area contributed by atoms with Crippen LogP contribution in [-0.4, -0.2) is 249 Å². The van der Waals surface area contributed by atoms with Gasteiger partial charge in [-0.3, -0.25) is 96.5 Å². The van der Waals surface area contributed by atoms with E-state index < -0.39 is 216 Å². The summed E-state index contributed by atoms with van der Waals surface area (Å²) in [6.07, 6.45) is 4.80. The largest absolute Gasteiger partial charge is 0.370 e. The molecule has 0 radical (unpaired) electrons. The summed E-state index contributed by atoms with van der Waals surface area (Å²) in [4.78, 5) is 267.